The maximum absolute atomic E-state index is 4.25. The summed E-state index contributed by atoms with van der Waals surface area (Å²) in [4.78, 5) is 3.48. The first-order valence-corrected chi connectivity index (χ1v) is 7.48. The Balaban J connectivity index is 2.07. The van der Waals surface area contributed by atoms with Crippen LogP contribution in [0.4, 0.5) is 0 Å². The molecular formula is C20H18N2. The highest BCUT2D eigenvalue weighted by molar-refractivity contribution is 5.88. The fraction of sp³-hybridized carbons (Fsp3) is 0.100. The minimum atomic E-state index is 1.06. The molecule has 2 heteroatoms. The Bertz CT molecular complexity index is 1070. The molecule has 22 heavy (non-hydrogen) atoms. The zero-order valence-corrected chi connectivity index (χ0v) is 12.9. The smallest absolute Gasteiger partial charge is 0.0485 e. The van der Waals surface area contributed by atoms with Gasteiger partial charge in [0.15, 0.2) is 0 Å². The molecule has 0 unspecified atom stereocenters. The molecule has 0 aliphatic carbocycles. The molecule has 2 aromatic carbocycles. The van der Waals surface area contributed by atoms with Crippen molar-refractivity contribution in [1.82, 2.24) is 9.55 Å². The van der Waals surface area contributed by atoms with E-state index in [1.165, 1.54) is 27.5 Å². The summed E-state index contributed by atoms with van der Waals surface area (Å²) in [5.41, 5.74) is 4.91. The Morgan fingerprint density at radius 2 is 1.68 bits per heavy atom. The second kappa shape index (κ2) is 4.63. The van der Waals surface area contributed by atoms with E-state index in [2.05, 4.69) is 78.6 Å². The van der Waals surface area contributed by atoms with E-state index < -0.39 is 0 Å². The Kier molecular flexibility index (Phi) is 2.73. The number of fused-ring (bicyclic) bond motifs is 2. The molecule has 2 heterocycles. The number of aromatic amines is 1. The lowest BCUT2D eigenvalue weighted by Gasteiger charge is -1.99. The predicted molar refractivity (Wildman–Crippen MR) is 94.3 cm³/mol. The molecule has 1 N–H and O–H groups in total. The topological polar surface area (TPSA) is 20.7 Å². The molecule has 4 rings (SSSR count). The summed E-state index contributed by atoms with van der Waals surface area (Å²) in [5, 5.41) is 4.62. The molecule has 2 nitrogen and oxygen atoms in total. The number of aromatic nitrogens is 2. The third kappa shape index (κ3) is 1.74. The van der Waals surface area contributed by atoms with Crippen molar-refractivity contribution in [3.05, 3.63) is 70.4 Å². The van der Waals surface area contributed by atoms with Crippen LogP contribution in [0.25, 0.3) is 34.5 Å². The van der Waals surface area contributed by atoms with Gasteiger partial charge in [0.25, 0.3) is 0 Å². The van der Waals surface area contributed by atoms with Crippen LogP contribution in [0.3, 0.4) is 0 Å². The van der Waals surface area contributed by atoms with Gasteiger partial charge in [0.05, 0.1) is 0 Å². The first-order valence-electron chi connectivity index (χ1n) is 7.48. The maximum Gasteiger partial charge on any atom is 0.0485 e. The first kappa shape index (κ1) is 13.0. The summed E-state index contributed by atoms with van der Waals surface area (Å²) >= 11 is 0. The number of benzene rings is 2. The highest BCUT2D eigenvalue weighted by atomic mass is 14.9. The standard InChI is InChI=1S/C20H18N2/c1-13-15-8-4-6-10-17(15)21-18(13)12-20-14(2)16-9-5-7-11-19(16)22(20)3/h4-12,21H,1H2,2-3H3/b18-12+. The number of rotatable bonds is 1. The minimum Gasteiger partial charge on any atom is -0.354 e. The molecular weight excluding hydrogens is 268 g/mol. The normalized spacial score (nSPS) is 12.5. The van der Waals surface area contributed by atoms with Gasteiger partial charge in [-0.25, -0.2) is 0 Å². The Morgan fingerprint density at radius 1 is 1.00 bits per heavy atom. The van der Waals surface area contributed by atoms with Crippen LogP contribution in [0.15, 0.2) is 48.5 Å². The van der Waals surface area contributed by atoms with Crippen LogP contribution in [0.1, 0.15) is 11.3 Å². The molecule has 0 atom stereocenters. The molecule has 4 aromatic rings. The van der Waals surface area contributed by atoms with E-state index in [1.54, 1.807) is 0 Å². The average Bonchev–Trinajstić information content (AvgIpc) is 2.99. The van der Waals surface area contributed by atoms with Gasteiger partial charge in [-0.15, -0.1) is 0 Å². The Labute approximate surface area is 129 Å². The molecule has 2 aromatic heterocycles. The quantitative estimate of drug-likeness (QED) is 0.555. The molecule has 0 saturated heterocycles. The zero-order valence-electron chi connectivity index (χ0n) is 12.9. The zero-order chi connectivity index (χ0) is 15.3. The highest BCUT2D eigenvalue weighted by Gasteiger charge is 2.09. The number of nitrogens with one attached hydrogen (secondary N) is 1. The van der Waals surface area contributed by atoms with Crippen molar-refractivity contribution in [3.8, 4) is 0 Å². The van der Waals surface area contributed by atoms with Crippen LogP contribution >= 0.6 is 0 Å². The van der Waals surface area contributed by atoms with Crippen molar-refractivity contribution in [3.63, 3.8) is 0 Å². The van der Waals surface area contributed by atoms with Crippen LogP contribution < -0.4 is 10.6 Å². The van der Waals surface area contributed by atoms with Gasteiger partial charge in [-0.1, -0.05) is 43.0 Å². The van der Waals surface area contributed by atoms with E-state index in [0.29, 0.717) is 0 Å². The number of H-pyrrole nitrogens is 1. The molecule has 0 aliphatic heterocycles. The molecule has 0 spiro atoms. The molecule has 0 fully saturated rings. The third-order valence-electron chi connectivity index (χ3n) is 4.54. The maximum atomic E-state index is 4.25. The van der Waals surface area contributed by atoms with Crippen molar-refractivity contribution < 1.29 is 0 Å². The van der Waals surface area contributed by atoms with Crippen molar-refractivity contribution in [2.45, 2.75) is 6.92 Å². The van der Waals surface area contributed by atoms with E-state index in [1.807, 2.05) is 6.07 Å². The van der Waals surface area contributed by atoms with Gasteiger partial charge < -0.3 is 9.55 Å². The molecule has 0 radical (unpaired) electrons. The average molecular weight is 286 g/mol. The van der Waals surface area contributed by atoms with E-state index in [0.717, 1.165) is 16.1 Å². The van der Waals surface area contributed by atoms with Gasteiger partial charge in [-0.05, 0) is 30.7 Å². The van der Waals surface area contributed by atoms with E-state index >= 15 is 0 Å². The minimum absolute atomic E-state index is 1.06. The second-order valence-electron chi connectivity index (χ2n) is 5.79. The number of hydrogen-bond acceptors (Lipinski definition) is 0. The predicted octanol–water partition coefficient (Wildman–Crippen LogP) is 3.21. The fourth-order valence-corrected chi connectivity index (χ4v) is 3.29. The lowest BCUT2D eigenvalue weighted by molar-refractivity contribution is 0.947. The van der Waals surface area contributed by atoms with E-state index in [-0.39, 0.29) is 0 Å². The summed E-state index contributed by atoms with van der Waals surface area (Å²) in [7, 11) is 2.12. The van der Waals surface area contributed by atoms with E-state index in [4.69, 9.17) is 0 Å². The van der Waals surface area contributed by atoms with Crippen molar-refractivity contribution in [2.75, 3.05) is 0 Å². The number of nitrogens with zero attached hydrogens (tertiary/aromatic N) is 1. The van der Waals surface area contributed by atoms with Crippen LogP contribution in [-0.2, 0) is 7.05 Å². The fourth-order valence-electron chi connectivity index (χ4n) is 3.29. The highest BCUT2D eigenvalue weighted by Crippen LogP contribution is 2.24. The monoisotopic (exact) mass is 286 g/mol. The molecule has 108 valence electrons. The lowest BCUT2D eigenvalue weighted by atomic mass is 10.1. The van der Waals surface area contributed by atoms with Gasteiger partial charge in [0.2, 0.25) is 0 Å². The van der Waals surface area contributed by atoms with Crippen LogP contribution in [0.2, 0.25) is 0 Å². The second-order valence-corrected chi connectivity index (χ2v) is 5.79. The molecule has 0 amide bonds. The summed E-state index contributed by atoms with van der Waals surface area (Å²) in [6.45, 7) is 6.43. The molecule has 0 bridgehead atoms. The number of para-hydroxylation sites is 2. The van der Waals surface area contributed by atoms with Gasteiger partial charge in [-0.3, -0.25) is 0 Å². The van der Waals surface area contributed by atoms with Crippen molar-refractivity contribution in [2.24, 2.45) is 7.05 Å². The first-order chi connectivity index (χ1) is 10.7. The lowest BCUT2D eigenvalue weighted by Crippen LogP contribution is -2.21. The van der Waals surface area contributed by atoms with Crippen LogP contribution in [0, 0.1) is 6.92 Å². The Hall–Kier alpha value is -2.74. The van der Waals surface area contributed by atoms with Gasteiger partial charge in [0, 0.05) is 45.1 Å². The van der Waals surface area contributed by atoms with Crippen LogP contribution in [0.5, 0.6) is 0 Å². The molecule has 0 saturated carbocycles. The van der Waals surface area contributed by atoms with E-state index in [9.17, 15) is 0 Å². The van der Waals surface area contributed by atoms with Crippen molar-refractivity contribution >= 4 is 34.5 Å². The Morgan fingerprint density at radius 3 is 2.41 bits per heavy atom. The SMILES string of the molecule is C=c1/c(=C\c2c(C)c3ccccc3n2C)[nH]c2ccccc12. The summed E-state index contributed by atoms with van der Waals surface area (Å²) in [6, 6.07) is 16.8. The van der Waals surface area contributed by atoms with Crippen molar-refractivity contribution in [1.29, 1.82) is 0 Å². The summed E-state index contributed by atoms with van der Waals surface area (Å²) in [5.74, 6) is 0. The third-order valence-corrected chi connectivity index (χ3v) is 4.54. The summed E-state index contributed by atoms with van der Waals surface area (Å²) in [6.07, 6.45) is 2.21. The van der Waals surface area contributed by atoms with Crippen LogP contribution in [-0.4, -0.2) is 9.55 Å². The van der Waals surface area contributed by atoms with Gasteiger partial charge in [-0.2, -0.15) is 0 Å². The summed E-state index contributed by atoms with van der Waals surface area (Å²) < 4.78 is 2.25. The molecule has 0 aliphatic rings. The van der Waals surface area contributed by atoms with Gasteiger partial charge in [0.1, 0.15) is 0 Å². The van der Waals surface area contributed by atoms with Gasteiger partial charge >= 0.3 is 0 Å². The number of hydrogen-bond donors (Lipinski definition) is 1. The number of aryl methyl sites for hydroxylation is 2. The largest absolute Gasteiger partial charge is 0.354 e.